The largest absolute Gasteiger partial charge is 0.331 e. The number of para-hydroxylation sites is 2. The number of nitrogens with zero attached hydrogens (tertiary/aromatic N) is 2. The first kappa shape index (κ1) is 16.3. The molecule has 0 saturated carbocycles. The average molecular weight is 368 g/mol. The lowest BCUT2D eigenvalue weighted by atomic mass is 10.1. The van der Waals surface area contributed by atoms with Crippen LogP contribution in [0.5, 0.6) is 0 Å². The molecule has 0 unspecified atom stereocenters. The first-order valence-electron chi connectivity index (χ1n) is 8.94. The second-order valence-corrected chi connectivity index (χ2v) is 6.67. The number of fused-ring (bicyclic) bond motifs is 3. The van der Waals surface area contributed by atoms with Crippen LogP contribution >= 0.6 is 0 Å². The number of hydrogen-bond donors (Lipinski definition) is 2. The molecule has 0 aliphatic carbocycles. The molecule has 2 N–H and O–H groups in total. The van der Waals surface area contributed by atoms with Crippen molar-refractivity contribution in [3.05, 3.63) is 83.2 Å². The Balaban J connectivity index is 1.57. The SMILES string of the molecule is O=C(Cn1c2ccccc2c(=O)c2ccccc21)Nc1ccc2[nH]ncc2c1. The lowest BCUT2D eigenvalue weighted by Crippen LogP contribution is -2.21. The van der Waals surface area contributed by atoms with E-state index in [1.807, 2.05) is 59.2 Å². The normalized spacial score (nSPS) is 11.3. The highest BCUT2D eigenvalue weighted by molar-refractivity contribution is 5.98. The molecule has 0 radical (unpaired) electrons. The van der Waals surface area contributed by atoms with E-state index in [1.54, 1.807) is 18.3 Å². The van der Waals surface area contributed by atoms with Crippen molar-refractivity contribution in [1.29, 1.82) is 0 Å². The molecule has 6 heteroatoms. The zero-order chi connectivity index (χ0) is 19.1. The van der Waals surface area contributed by atoms with Crippen LogP contribution < -0.4 is 10.7 Å². The van der Waals surface area contributed by atoms with Crippen molar-refractivity contribution < 1.29 is 4.79 Å². The van der Waals surface area contributed by atoms with Gasteiger partial charge in [-0.1, -0.05) is 24.3 Å². The summed E-state index contributed by atoms with van der Waals surface area (Å²) < 4.78 is 1.89. The van der Waals surface area contributed by atoms with E-state index in [2.05, 4.69) is 15.5 Å². The second-order valence-electron chi connectivity index (χ2n) is 6.67. The van der Waals surface area contributed by atoms with E-state index in [1.165, 1.54) is 0 Å². The molecule has 3 aromatic carbocycles. The number of aromatic nitrogens is 3. The van der Waals surface area contributed by atoms with Crippen molar-refractivity contribution >= 4 is 44.3 Å². The lowest BCUT2D eigenvalue weighted by Gasteiger charge is -2.15. The Morgan fingerprint density at radius 3 is 2.36 bits per heavy atom. The quantitative estimate of drug-likeness (QED) is 0.477. The summed E-state index contributed by atoms with van der Waals surface area (Å²) in [7, 11) is 0. The first-order valence-corrected chi connectivity index (χ1v) is 8.94. The number of nitrogens with one attached hydrogen (secondary N) is 2. The number of pyridine rings is 1. The van der Waals surface area contributed by atoms with Crippen LogP contribution in [0.25, 0.3) is 32.7 Å². The monoisotopic (exact) mass is 368 g/mol. The molecule has 2 heterocycles. The molecule has 28 heavy (non-hydrogen) atoms. The molecular formula is C22H16N4O2. The lowest BCUT2D eigenvalue weighted by molar-refractivity contribution is -0.116. The van der Waals surface area contributed by atoms with E-state index in [0.717, 1.165) is 21.9 Å². The minimum atomic E-state index is -0.165. The van der Waals surface area contributed by atoms with Gasteiger partial charge in [-0.3, -0.25) is 14.7 Å². The summed E-state index contributed by atoms with van der Waals surface area (Å²) in [5.41, 5.74) is 3.08. The highest BCUT2D eigenvalue weighted by Gasteiger charge is 2.13. The number of amides is 1. The fraction of sp³-hybridized carbons (Fsp3) is 0.0455. The molecule has 0 atom stereocenters. The number of carbonyl (C=O) groups is 1. The van der Waals surface area contributed by atoms with Crippen molar-refractivity contribution in [2.75, 3.05) is 5.32 Å². The van der Waals surface area contributed by atoms with E-state index < -0.39 is 0 Å². The van der Waals surface area contributed by atoms with Gasteiger partial charge >= 0.3 is 0 Å². The smallest absolute Gasteiger partial charge is 0.244 e. The van der Waals surface area contributed by atoms with Crippen LogP contribution in [0, 0.1) is 0 Å². The van der Waals surface area contributed by atoms with Gasteiger partial charge in [0.15, 0.2) is 5.43 Å². The van der Waals surface area contributed by atoms with Gasteiger partial charge in [-0.25, -0.2) is 0 Å². The Bertz CT molecular complexity index is 1350. The van der Waals surface area contributed by atoms with Crippen LogP contribution in [-0.2, 0) is 11.3 Å². The third-order valence-corrected chi connectivity index (χ3v) is 4.90. The summed E-state index contributed by atoms with van der Waals surface area (Å²) in [5, 5.41) is 12.0. The third kappa shape index (κ3) is 2.63. The summed E-state index contributed by atoms with van der Waals surface area (Å²) >= 11 is 0. The van der Waals surface area contributed by atoms with Crippen LogP contribution in [0.3, 0.4) is 0 Å². The van der Waals surface area contributed by atoms with Gasteiger partial charge in [0, 0.05) is 21.8 Å². The Hall–Kier alpha value is -3.93. The number of anilines is 1. The zero-order valence-corrected chi connectivity index (χ0v) is 14.8. The molecule has 136 valence electrons. The van der Waals surface area contributed by atoms with Crippen LogP contribution in [0.4, 0.5) is 5.69 Å². The van der Waals surface area contributed by atoms with E-state index in [0.29, 0.717) is 16.5 Å². The summed E-state index contributed by atoms with van der Waals surface area (Å²) in [6, 6.07) is 20.3. The Morgan fingerprint density at radius 2 is 1.64 bits per heavy atom. The van der Waals surface area contributed by atoms with Crippen molar-refractivity contribution in [2.45, 2.75) is 6.54 Å². The van der Waals surface area contributed by atoms with Gasteiger partial charge in [0.25, 0.3) is 0 Å². The highest BCUT2D eigenvalue weighted by atomic mass is 16.2. The number of carbonyl (C=O) groups excluding carboxylic acids is 1. The molecule has 0 saturated heterocycles. The minimum Gasteiger partial charge on any atom is -0.331 e. The average Bonchev–Trinajstić information content (AvgIpc) is 3.19. The van der Waals surface area contributed by atoms with Gasteiger partial charge in [-0.2, -0.15) is 5.10 Å². The van der Waals surface area contributed by atoms with Gasteiger partial charge in [-0.15, -0.1) is 0 Å². The fourth-order valence-electron chi connectivity index (χ4n) is 3.61. The summed E-state index contributed by atoms with van der Waals surface area (Å²) in [6.07, 6.45) is 1.72. The van der Waals surface area contributed by atoms with Crippen molar-refractivity contribution in [3.8, 4) is 0 Å². The molecule has 0 fully saturated rings. The molecule has 1 amide bonds. The van der Waals surface area contributed by atoms with Gasteiger partial charge in [-0.05, 0) is 42.5 Å². The van der Waals surface area contributed by atoms with E-state index in [-0.39, 0.29) is 17.9 Å². The molecule has 5 rings (SSSR count). The molecule has 6 nitrogen and oxygen atoms in total. The molecule has 0 bridgehead atoms. The van der Waals surface area contributed by atoms with Gasteiger partial charge in [0.1, 0.15) is 6.54 Å². The van der Waals surface area contributed by atoms with Crippen molar-refractivity contribution in [2.24, 2.45) is 0 Å². The zero-order valence-electron chi connectivity index (χ0n) is 14.8. The summed E-state index contributed by atoms with van der Waals surface area (Å²) in [5.74, 6) is -0.165. The number of benzene rings is 3. The minimum absolute atomic E-state index is 0.0201. The number of aromatic amines is 1. The van der Waals surface area contributed by atoms with Crippen LogP contribution in [-0.4, -0.2) is 20.7 Å². The van der Waals surface area contributed by atoms with Crippen LogP contribution in [0.15, 0.2) is 77.7 Å². The van der Waals surface area contributed by atoms with E-state index in [4.69, 9.17) is 0 Å². The van der Waals surface area contributed by atoms with Crippen molar-refractivity contribution in [1.82, 2.24) is 14.8 Å². The summed E-state index contributed by atoms with van der Waals surface area (Å²) in [6.45, 7) is 0.102. The fourth-order valence-corrected chi connectivity index (χ4v) is 3.61. The summed E-state index contributed by atoms with van der Waals surface area (Å²) in [4.78, 5) is 25.6. The van der Waals surface area contributed by atoms with Crippen LogP contribution in [0.2, 0.25) is 0 Å². The maximum atomic E-state index is 12.8. The Kier molecular flexibility index (Phi) is 3.69. The van der Waals surface area contributed by atoms with Gasteiger partial charge in [0.2, 0.25) is 5.91 Å². The number of hydrogen-bond acceptors (Lipinski definition) is 3. The first-order chi connectivity index (χ1) is 13.7. The Labute approximate surface area is 159 Å². The second kappa shape index (κ2) is 6.35. The van der Waals surface area contributed by atoms with E-state index >= 15 is 0 Å². The molecular weight excluding hydrogens is 352 g/mol. The molecule has 0 aliphatic rings. The Morgan fingerprint density at radius 1 is 0.964 bits per heavy atom. The van der Waals surface area contributed by atoms with Crippen molar-refractivity contribution in [3.63, 3.8) is 0 Å². The topological polar surface area (TPSA) is 79.8 Å². The third-order valence-electron chi connectivity index (χ3n) is 4.90. The highest BCUT2D eigenvalue weighted by Crippen LogP contribution is 2.20. The maximum Gasteiger partial charge on any atom is 0.244 e. The molecule has 0 spiro atoms. The maximum absolute atomic E-state index is 12.8. The number of H-pyrrole nitrogens is 1. The number of rotatable bonds is 3. The standard InChI is InChI=1S/C22H16N4O2/c27-21(24-15-9-10-18-14(11-15)12-23-25-18)13-26-19-7-3-1-5-16(19)22(28)17-6-2-4-8-20(17)26/h1-12H,13H2,(H,23,25)(H,24,27). The molecule has 0 aliphatic heterocycles. The molecule has 2 aromatic heterocycles. The predicted octanol–water partition coefficient (Wildman–Crippen LogP) is 3.67. The van der Waals surface area contributed by atoms with E-state index in [9.17, 15) is 9.59 Å². The van der Waals surface area contributed by atoms with Gasteiger partial charge in [0.05, 0.1) is 22.7 Å². The van der Waals surface area contributed by atoms with Crippen LogP contribution in [0.1, 0.15) is 0 Å². The predicted molar refractivity (Wildman–Crippen MR) is 110 cm³/mol. The van der Waals surface area contributed by atoms with Gasteiger partial charge < -0.3 is 9.88 Å². The molecule has 5 aromatic rings.